The van der Waals surface area contributed by atoms with E-state index in [1.807, 2.05) is 0 Å². The summed E-state index contributed by atoms with van der Waals surface area (Å²) >= 11 is 3.83. The van der Waals surface area contributed by atoms with E-state index < -0.39 is 0 Å². The zero-order chi connectivity index (χ0) is 4.83. The van der Waals surface area contributed by atoms with Crippen molar-refractivity contribution < 1.29 is 5.11 Å². The van der Waals surface area contributed by atoms with Gasteiger partial charge >= 0.3 is 0 Å². The summed E-state index contributed by atoms with van der Waals surface area (Å²) in [7, 11) is 0. The topological polar surface area (TPSA) is 32.3 Å². The Morgan fingerprint density at radius 3 is 2.50 bits per heavy atom. The first-order chi connectivity index (χ1) is 2.91. The summed E-state index contributed by atoms with van der Waals surface area (Å²) in [5.41, 5.74) is 0. The smallest absolute Gasteiger partial charge is 0.0556 e. The fourth-order valence-corrected chi connectivity index (χ4v) is 0.316. The highest BCUT2D eigenvalue weighted by molar-refractivity contribution is 7.80. The molecule has 0 atom stereocenters. The van der Waals surface area contributed by atoms with Gasteiger partial charge in [-0.05, 0) is 0 Å². The van der Waals surface area contributed by atoms with E-state index in [0.29, 0.717) is 12.4 Å². The van der Waals surface area contributed by atoms with E-state index in [0.717, 1.165) is 0 Å². The van der Waals surface area contributed by atoms with Gasteiger partial charge in [0.25, 0.3) is 0 Å². The average Bonchev–Trinajstić information content (AvgIpc) is 1.61. The molecule has 0 fully saturated rings. The molecular weight excluding hydrogens is 98.1 g/mol. The highest BCUT2D eigenvalue weighted by Crippen LogP contribution is 1.60. The number of thiol groups is 1. The SMILES string of the molecule is OCCNCS. The molecule has 0 aliphatic rings. The van der Waals surface area contributed by atoms with Crippen LogP contribution < -0.4 is 5.32 Å². The van der Waals surface area contributed by atoms with Crippen LogP contribution in [0.4, 0.5) is 0 Å². The van der Waals surface area contributed by atoms with E-state index in [-0.39, 0.29) is 6.61 Å². The summed E-state index contributed by atoms with van der Waals surface area (Å²) in [5.74, 6) is 0.639. The molecule has 0 aliphatic carbocycles. The van der Waals surface area contributed by atoms with Crippen molar-refractivity contribution in [2.75, 3.05) is 19.0 Å². The zero-order valence-electron chi connectivity index (χ0n) is 3.52. The fourth-order valence-electron chi connectivity index (χ4n) is 0.158. The molecule has 0 bridgehead atoms. The maximum Gasteiger partial charge on any atom is 0.0556 e. The Kier molecular flexibility index (Phi) is 5.51. The van der Waals surface area contributed by atoms with Crippen LogP contribution >= 0.6 is 12.6 Å². The molecular formula is C3H9NOS. The van der Waals surface area contributed by atoms with Crippen molar-refractivity contribution >= 4 is 12.6 Å². The second kappa shape index (κ2) is 5.27. The van der Waals surface area contributed by atoms with E-state index in [9.17, 15) is 0 Å². The zero-order valence-corrected chi connectivity index (χ0v) is 4.41. The molecule has 0 aromatic carbocycles. The maximum absolute atomic E-state index is 8.10. The van der Waals surface area contributed by atoms with Gasteiger partial charge in [-0.25, -0.2) is 0 Å². The van der Waals surface area contributed by atoms with Gasteiger partial charge in [0.05, 0.1) is 6.61 Å². The van der Waals surface area contributed by atoms with Gasteiger partial charge in [-0.15, -0.1) is 0 Å². The predicted molar refractivity (Wildman–Crippen MR) is 28.9 cm³/mol. The number of aliphatic hydroxyl groups excluding tert-OH is 1. The van der Waals surface area contributed by atoms with E-state index >= 15 is 0 Å². The van der Waals surface area contributed by atoms with Crippen molar-refractivity contribution in [1.82, 2.24) is 5.32 Å². The van der Waals surface area contributed by atoms with Crippen LogP contribution in [0, 0.1) is 0 Å². The van der Waals surface area contributed by atoms with Crippen LogP contribution in [0.3, 0.4) is 0 Å². The lowest BCUT2D eigenvalue weighted by Crippen LogP contribution is -2.15. The Bertz CT molecular complexity index is 22.8. The standard InChI is InChI=1S/C3H9NOS/c5-2-1-4-3-6/h4-6H,1-3H2. The largest absolute Gasteiger partial charge is 0.395 e. The molecule has 2 nitrogen and oxygen atoms in total. The van der Waals surface area contributed by atoms with Gasteiger partial charge in [-0.3, -0.25) is 0 Å². The third-order valence-corrected chi connectivity index (χ3v) is 0.624. The Labute approximate surface area is 43.0 Å². The van der Waals surface area contributed by atoms with Gasteiger partial charge in [0, 0.05) is 12.4 Å². The van der Waals surface area contributed by atoms with Crippen LogP contribution in [0.2, 0.25) is 0 Å². The van der Waals surface area contributed by atoms with Gasteiger partial charge < -0.3 is 10.4 Å². The third kappa shape index (κ3) is 4.27. The first-order valence-electron chi connectivity index (χ1n) is 1.84. The monoisotopic (exact) mass is 107 g/mol. The Morgan fingerprint density at radius 2 is 2.33 bits per heavy atom. The van der Waals surface area contributed by atoms with Crippen LogP contribution in [-0.2, 0) is 0 Å². The minimum absolute atomic E-state index is 0.195. The molecule has 0 unspecified atom stereocenters. The number of aliphatic hydroxyl groups is 1. The highest BCUT2D eigenvalue weighted by atomic mass is 32.1. The van der Waals surface area contributed by atoms with Crippen molar-refractivity contribution in [1.29, 1.82) is 0 Å². The Hall–Kier alpha value is 0.270. The minimum atomic E-state index is 0.195. The molecule has 0 heterocycles. The fraction of sp³-hybridized carbons (Fsp3) is 1.00. The van der Waals surface area contributed by atoms with Crippen molar-refractivity contribution in [2.45, 2.75) is 0 Å². The van der Waals surface area contributed by atoms with Gasteiger partial charge in [0.15, 0.2) is 0 Å². The molecule has 0 saturated carbocycles. The van der Waals surface area contributed by atoms with Crippen molar-refractivity contribution in [3.8, 4) is 0 Å². The van der Waals surface area contributed by atoms with Crippen LogP contribution in [0.1, 0.15) is 0 Å². The summed E-state index contributed by atoms with van der Waals surface area (Å²) in [6.07, 6.45) is 0. The summed E-state index contributed by atoms with van der Waals surface area (Å²) < 4.78 is 0. The van der Waals surface area contributed by atoms with Gasteiger partial charge in [-0.2, -0.15) is 12.6 Å². The number of hydrogen-bond acceptors (Lipinski definition) is 3. The van der Waals surface area contributed by atoms with E-state index in [1.54, 1.807) is 0 Å². The molecule has 0 saturated heterocycles. The lowest BCUT2D eigenvalue weighted by Gasteiger charge is -1.90. The quantitative estimate of drug-likeness (QED) is 0.257. The molecule has 3 heteroatoms. The number of hydrogen-bond donors (Lipinski definition) is 3. The summed E-state index contributed by atoms with van der Waals surface area (Å²) in [6.45, 7) is 0.837. The molecule has 0 spiro atoms. The molecule has 0 radical (unpaired) electrons. The molecule has 0 aromatic heterocycles. The Morgan fingerprint density at radius 1 is 1.67 bits per heavy atom. The van der Waals surface area contributed by atoms with Crippen LogP contribution in [-0.4, -0.2) is 24.1 Å². The van der Waals surface area contributed by atoms with Crippen molar-refractivity contribution in [3.05, 3.63) is 0 Å². The van der Waals surface area contributed by atoms with Crippen LogP contribution in [0.5, 0.6) is 0 Å². The first-order valence-corrected chi connectivity index (χ1v) is 2.47. The lowest BCUT2D eigenvalue weighted by molar-refractivity contribution is 0.296. The first kappa shape index (κ1) is 6.27. The minimum Gasteiger partial charge on any atom is -0.395 e. The highest BCUT2D eigenvalue weighted by Gasteiger charge is 1.72. The van der Waals surface area contributed by atoms with E-state index in [4.69, 9.17) is 5.11 Å². The lowest BCUT2D eigenvalue weighted by atomic mass is 10.7. The number of rotatable bonds is 3. The third-order valence-electron chi connectivity index (χ3n) is 0.400. The average molecular weight is 107 g/mol. The van der Waals surface area contributed by atoms with Gasteiger partial charge in [0.2, 0.25) is 0 Å². The normalized spacial score (nSPS) is 9.00. The molecule has 6 heavy (non-hydrogen) atoms. The second-order valence-corrected chi connectivity index (χ2v) is 1.20. The molecule has 0 aromatic rings. The van der Waals surface area contributed by atoms with Gasteiger partial charge in [-0.1, -0.05) is 0 Å². The molecule has 0 rings (SSSR count). The summed E-state index contributed by atoms with van der Waals surface area (Å²) in [6, 6.07) is 0. The van der Waals surface area contributed by atoms with Crippen molar-refractivity contribution in [2.24, 2.45) is 0 Å². The van der Waals surface area contributed by atoms with Crippen LogP contribution in [0.15, 0.2) is 0 Å². The van der Waals surface area contributed by atoms with Gasteiger partial charge in [0.1, 0.15) is 0 Å². The van der Waals surface area contributed by atoms with Crippen molar-refractivity contribution in [3.63, 3.8) is 0 Å². The molecule has 38 valence electrons. The molecule has 2 N–H and O–H groups in total. The van der Waals surface area contributed by atoms with Crippen LogP contribution in [0.25, 0.3) is 0 Å². The maximum atomic E-state index is 8.10. The second-order valence-electron chi connectivity index (χ2n) is 0.882. The van der Waals surface area contributed by atoms with E-state index in [1.165, 1.54) is 0 Å². The number of nitrogens with one attached hydrogen (secondary N) is 1. The predicted octanol–water partition coefficient (Wildman–Crippen LogP) is -0.544. The molecule has 0 aliphatic heterocycles. The molecule has 0 amide bonds. The Balaban J connectivity index is 2.34. The van der Waals surface area contributed by atoms with E-state index in [2.05, 4.69) is 17.9 Å². The summed E-state index contributed by atoms with van der Waals surface area (Å²) in [5, 5.41) is 10.9. The summed E-state index contributed by atoms with van der Waals surface area (Å²) in [4.78, 5) is 0.